The van der Waals surface area contributed by atoms with E-state index in [0.29, 0.717) is 17.1 Å². The maximum atomic E-state index is 12.9. The van der Waals surface area contributed by atoms with E-state index in [2.05, 4.69) is 10.3 Å². The smallest absolute Gasteiger partial charge is 0.416 e. The molecule has 174 valence electrons. The Labute approximate surface area is 196 Å². The molecule has 0 atom stereocenters. The second-order valence-electron chi connectivity index (χ2n) is 7.03. The van der Waals surface area contributed by atoms with Gasteiger partial charge < -0.3 is 14.5 Å². The zero-order chi connectivity index (χ0) is 24.3. The van der Waals surface area contributed by atoms with E-state index in [0.717, 1.165) is 29.5 Å². The molecule has 1 amide bonds. The number of aliphatic imine (C=N–C) groups is 1. The second-order valence-corrected chi connectivity index (χ2v) is 8.06. The Morgan fingerprint density at radius 1 is 1.15 bits per heavy atom. The van der Waals surface area contributed by atoms with Crippen LogP contribution in [0.15, 0.2) is 75.0 Å². The highest BCUT2D eigenvalue weighted by Gasteiger charge is 2.30. The van der Waals surface area contributed by atoms with E-state index in [4.69, 9.17) is 9.15 Å². The highest BCUT2D eigenvalue weighted by atomic mass is 32.2. The molecule has 0 unspecified atom stereocenters. The van der Waals surface area contributed by atoms with Crippen LogP contribution in [0.1, 0.15) is 28.6 Å². The van der Waals surface area contributed by atoms with E-state index in [1.165, 1.54) is 18.2 Å². The number of hydrogen-bond donors (Lipinski definition) is 1. The lowest BCUT2D eigenvalue weighted by Gasteiger charge is -2.06. The Hall–Kier alpha value is -3.79. The van der Waals surface area contributed by atoms with Crippen LogP contribution in [0.2, 0.25) is 0 Å². The predicted octanol–water partition coefficient (Wildman–Crippen LogP) is 6.03. The molecule has 1 aromatic heterocycles. The topological polar surface area (TPSA) is 80.9 Å². The monoisotopic (exact) mass is 486 g/mol. The third-order valence-corrected chi connectivity index (χ3v) is 5.55. The number of carbonyl (C=O) groups excluding carboxylic acids is 2. The predicted molar refractivity (Wildman–Crippen MR) is 122 cm³/mol. The third kappa shape index (κ3) is 5.40. The maximum absolute atomic E-state index is 12.9. The molecule has 0 aliphatic carbocycles. The zero-order valence-corrected chi connectivity index (χ0v) is 18.5. The van der Waals surface area contributed by atoms with Gasteiger partial charge in [-0.2, -0.15) is 13.2 Å². The van der Waals surface area contributed by atoms with Gasteiger partial charge in [-0.1, -0.05) is 18.2 Å². The molecule has 1 aliphatic heterocycles. The Kier molecular flexibility index (Phi) is 6.60. The lowest BCUT2D eigenvalue weighted by molar-refractivity contribution is -0.137. The van der Waals surface area contributed by atoms with E-state index >= 15 is 0 Å². The van der Waals surface area contributed by atoms with E-state index in [1.807, 2.05) is 0 Å². The highest BCUT2D eigenvalue weighted by molar-refractivity contribution is 8.18. The largest absolute Gasteiger partial charge is 0.462 e. The van der Waals surface area contributed by atoms with Crippen LogP contribution in [0.3, 0.4) is 0 Å². The number of benzene rings is 2. The summed E-state index contributed by atoms with van der Waals surface area (Å²) in [4.78, 5) is 28.4. The minimum atomic E-state index is -4.48. The molecule has 10 heteroatoms. The van der Waals surface area contributed by atoms with Crippen molar-refractivity contribution in [3.05, 3.63) is 82.5 Å². The first kappa shape index (κ1) is 23.4. The molecule has 3 aromatic rings. The summed E-state index contributed by atoms with van der Waals surface area (Å²) in [6.07, 6.45) is -2.96. The fourth-order valence-corrected chi connectivity index (χ4v) is 3.87. The van der Waals surface area contributed by atoms with Gasteiger partial charge in [-0.15, -0.1) is 0 Å². The van der Waals surface area contributed by atoms with Crippen LogP contribution < -0.4 is 5.32 Å². The number of amidine groups is 1. The van der Waals surface area contributed by atoms with Gasteiger partial charge in [0.25, 0.3) is 5.91 Å². The van der Waals surface area contributed by atoms with Crippen LogP contribution in [0.25, 0.3) is 17.4 Å². The fraction of sp³-hybridized carbons (Fsp3) is 0.125. The lowest BCUT2D eigenvalue weighted by Crippen LogP contribution is -2.19. The molecule has 4 rings (SSSR count). The van der Waals surface area contributed by atoms with Crippen molar-refractivity contribution in [1.29, 1.82) is 0 Å². The Morgan fingerprint density at radius 2 is 1.91 bits per heavy atom. The fourth-order valence-electron chi connectivity index (χ4n) is 3.05. The standard InChI is InChI=1S/C24H17F3N2O4S/c1-2-32-22(31)15-8-6-14(7-9-15)19-11-10-18(33-19)13-20-21(30)29-23(34-20)28-17-5-3-4-16(12-17)24(25,26)27/h3-13H,2H2,1H3,(H,28,29,30)/b20-13-. The average molecular weight is 486 g/mol. The number of ether oxygens (including phenoxy) is 1. The van der Waals surface area contributed by atoms with E-state index in [-0.39, 0.29) is 22.4 Å². The van der Waals surface area contributed by atoms with Crippen molar-refractivity contribution < 1.29 is 31.9 Å². The highest BCUT2D eigenvalue weighted by Crippen LogP contribution is 2.33. The SMILES string of the molecule is CCOC(=O)c1ccc(-c2ccc(/C=C3\SC(=Nc4cccc(C(F)(F)F)c4)NC3=O)o2)cc1. The van der Waals surface area contributed by atoms with Crippen LogP contribution in [0.4, 0.5) is 18.9 Å². The summed E-state index contributed by atoms with van der Waals surface area (Å²) in [6, 6.07) is 14.6. The number of halogens is 3. The molecular formula is C24H17F3N2O4S. The Bertz CT molecular complexity index is 1290. The molecule has 0 spiro atoms. The number of rotatable bonds is 5. The molecule has 1 N–H and O–H groups in total. The number of thioether (sulfide) groups is 1. The molecule has 0 saturated carbocycles. The average Bonchev–Trinajstić information content (AvgIpc) is 3.40. The Morgan fingerprint density at radius 3 is 2.62 bits per heavy atom. The number of carbonyl (C=O) groups is 2. The van der Waals surface area contributed by atoms with Crippen molar-refractivity contribution in [1.82, 2.24) is 5.32 Å². The van der Waals surface area contributed by atoms with Crippen LogP contribution in [0, 0.1) is 0 Å². The molecule has 2 heterocycles. The van der Waals surface area contributed by atoms with Crippen molar-refractivity contribution in [2.75, 3.05) is 6.61 Å². The van der Waals surface area contributed by atoms with Gasteiger partial charge >= 0.3 is 12.1 Å². The number of alkyl halides is 3. The van der Waals surface area contributed by atoms with Crippen molar-refractivity contribution >= 4 is 40.6 Å². The van der Waals surface area contributed by atoms with Gasteiger partial charge in [0.15, 0.2) is 5.17 Å². The van der Waals surface area contributed by atoms with Crippen LogP contribution in [-0.4, -0.2) is 23.7 Å². The summed E-state index contributed by atoms with van der Waals surface area (Å²) in [7, 11) is 0. The quantitative estimate of drug-likeness (QED) is 0.352. The second kappa shape index (κ2) is 9.60. The molecular weight excluding hydrogens is 469 g/mol. The number of furan rings is 1. The number of amides is 1. The molecule has 2 aromatic carbocycles. The summed E-state index contributed by atoms with van der Waals surface area (Å²) in [5.41, 5.74) is 0.405. The summed E-state index contributed by atoms with van der Waals surface area (Å²) in [5, 5.41) is 2.70. The lowest BCUT2D eigenvalue weighted by atomic mass is 10.1. The normalized spacial score (nSPS) is 16.2. The van der Waals surface area contributed by atoms with Gasteiger partial charge in [-0.25, -0.2) is 9.79 Å². The molecule has 0 radical (unpaired) electrons. The van der Waals surface area contributed by atoms with E-state index in [1.54, 1.807) is 43.3 Å². The van der Waals surface area contributed by atoms with Gasteiger partial charge in [0.2, 0.25) is 0 Å². The summed E-state index contributed by atoms with van der Waals surface area (Å²) in [6.45, 7) is 2.02. The van der Waals surface area contributed by atoms with E-state index < -0.39 is 23.6 Å². The first-order valence-corrected chi connectivity index (χ1v) is 10.9. The third-order valence-electron chi connectivity index (χ3n) is 4.64. The van der Waals surface area contributed by atoms with E-state index in [9.17, 15) is 22.8 Å². The summed E-state index contributed by atoms with van der Waals surface area (Å²) >= 11 is 0.994. The number of hydrogen-bond acceptors (Lipinski definition) is 6. The Balaban J connectivity index is 1.49. The zero-order valence-electron chi connectivity index (χ0n) is 17.7. The summed E-state index contributed by atoms with van der Waals surface area (Å²) < 4.78 is 49.4. The minimum absolute atomic E-state index is 0.0745. The molecule has 0 bridgehead atoms. The first-order chi connectivity index (χ1) is 16.2. The van der Waals surface area contributed by atoms with Gasteiger partial charge in [0.05, 0.1) is 28.3 Å². The summed E-state index contributed by atoms with van der Waals surface area (Å²) in [5.74, 6) is 0.0872. The molecule has 1 aliphatic rings. The maximum Gasteiger partial charge on any atom is 0.416 e. The molecule has 1 fully saturated rings. The first-order valence-electron chi connectivity index (χ1n) is 10.1. The van der Waals surface area contributed by atoms with Gasteiger partial charge in [-0.05, 0) is 61.2 Å². The van der Waals surface area contributed by atoms with Crippen LogP contribution in [0.5, 0.6) is 0 Å². The molecule has 1 saturated heterocycles. The number of esters is 1. The van der Waals surface area contributed by atoms with Crippen molar-refractivity contribution in [2.24, 2.45) is 4.99 Å². The van der Waals surface area contributed by atoms with Crippen LogP contribution >= 0.6 is 11.8 Å². The van der Waals surface area contributed by atoms with Crippen molar-refractivity contribution in [3.63, 3.8) is 0 Å². The number of nitrogens with zero attached hydrogens (tertiary/aromatic N) is 1. The van der Waals surface area contributed by atoms with Crippen molar-refractivity contribution in [3.8, 4) is 11.3 Å². The minimum Gasteiger partial charge on any atom is -0.462 e. The van der Waals surface area contributed by atoms with Crippen LogP contribution in [-0.2, 0) is 15.7 Å². The number of nitrogens with one attached hydrogen (secondary N) is 1. The van der Waals surface area contributed by atoms with Gasteiger partial charge in [0, 0.05) is 11.6 Å². The van der Waals surface area contributed by atoms with Crippen molar-refractivity contribution in [2.45, 2.75) is 13.1 Å². The molecule has 34 heavy (non-hydrogen) atoms. The molecule has 6 nitrogen and oxygen atoms in total. The van der Waals surface area contributed by atoms with Gasteiger partial charge in [-0.3, -0.25) is 4.79 Å². The van der Waals surface area contributed by atoms with Gasteiger partial charge in [0.1, 0.15) is 11.5 Å².